The summed E-state index contributed by atoms with van der Waals surface area (Å²) in [6.45, 7) is 3.66. The number of nitrogens with one attached hydrogen (secondary N) is 2. The van der Waals surface area contributed by atoms with Crippen LogP contribution in [0.25, 0.3) is 10.9 Å². The number of halogens is 1. The Balaban J connectivity index is 0.00000167. The van der Waals surface area contributed by atoms with Crippen molar-refractivity contribution >= 4 is 46.0 Å². The number of hydrogen-bond acceptors (Lipinski definition) is 5. The molecule has 6 N–H and O–H groups in total. The van der Waals surface area contributed by atoms with Crippen molar-refractivity contribution in [3.05, 3.63) is 57.7 Å². The van der Waals surface area contributed by atoms with Gasteiger partial charge >= 0.3 is 11.9 Å². The molecule has 0 aliphatic heterocycles. The van der Waals surface area contributed by atoms with Gasteiger partial charge in [0.1, 0.15) is 11.4 Å². The third kappa shape index (κ3) is 5.75. The molecule has 2 aromatic carbocycles. The zero-order valence-electron chi connectivity index (χ0n) is 19.5. The number of H-pyrrole nitrogens is 1. The Labute approximate surface area is 207 Å². The van der Waals surface area contributed by atoms with E-state index in [2.05, 4.69) is 10.3 Å². The molecule has 10 heteroatoms. The van der Waals surface area contributed by atoms with Gasteiger partial charge in [0, 0.05) is 28.9 Å². The van der Waals surface area contributed by atoms with E-state index in [0.717, 1.165) is 16.5 Å². The summed E-state index contributed by atoms with van der Waals surface area (Å²) in [5, 5.41) is 22.7. The number of anilines is 1. The number of aliphatic carboxylic acids is 1. The number of benzene rings is 2. The Morgan fingerprint density at radius 3 is 2.60 bits per heavy atom. The van der Waals surface area contributed by atoms with Crippen molar-refractivity contribution in [2.75, 3.05) is 11.9 Å². The average molecular weight is 502 g/mol. The maximum absolute atomic E-state index is 12.9. The number of carboxylic acid groups (broad SMARTS) is 2. The minimum Gasteiger partial charge on any atom is -0.480 e. The molecule has 3 aromatic rings. The fourth-order valence-electron chi connectivity index (χ4n) is 4.34. The van der Waals surface area contributed by atoms with Crippen LogP contribution in [0.15, 0.2) is 30.3 Å². The molecule has 1 amide bonds. The molecule has 1 unspecified atom stereocenters. The fraction of sp³-hybridized carbons (Fsp3) is 0.320. The second-order valence-electron chi connectivity index (χ2n) is 7.91. The lowest BCUT2D eigenvalue weighted by atomic mass is 9.81. The van der Waals surface area contributed by atoms with Gasteiger partial charge in [-0.3, -0.25) is 4.79 Å². The van der Waals surface area contributed by atoms with Crippen LogP contribution in [0.4, 0.5) is 5.69 Å². The fourth-order valence-corrected chi connectivity index (χ4v) is 4.58. The first-order valence-electron chi connectivity index (χ1n) is 11.3. The number of carbonyl (C=O) groups excluding carboxylic acids is 1. The Bertz CT molecular complexity index is 1270. The van der Waals surface area contributed by atoms with Gasteiger partial charge in [0.2, 0.25) is 5.91 Å². The second kappa shape index (κ2) is 11.2. The monoisotopic (exact) mass is 501 g/mol. The number of aryl methyl sites for hydroxylation is 1. The van der Waals surface area contributed by atoms with Gasteiger partial charge in [-0.15, -0.1) is 0 Å². The maximum Gasteiger partial charge on any atom is 0.352 e. The zero-order valence-corrected chi connectivity index (χ0v) is 20.2. The predicted molar refractivity (Wildman–Crippen MR) is 133 cm³/mol. The smallest absolute Gasteiger partial charge is 0.352 e. The quantitative estimate of drug-likeness (QED) is 0.303. The number of ether oxygens (including phenoxy) is 1. The van der Waals surface area contributed by atoms with Crippen LogP contribution in [0.1, 0.15) is 59.8 Å². The first-order valence-corrected chi connectivity index (χ1v) is 11.7. The van der Waals surface area contributed by atoms with Crippen LogP contribution in [0.3, 0.4) is 0 Å². The third-order valence-electron chi connectivity index (χ3n) is 5.71. The maximum atomic E-state index is 12.9. The normalized spacial score (nSPS) is 14.1. The largest absolute Gasteiger partial charge is 0.480 e. The molecular formula is C25H28ClN3O6. The van der Waals surface area contributed by atoms with E-state index < -0.39 is 18.5 Å². The lowest BCUT2D eigenvalue weighted by Crippen LogP contribution is -2.20. The zero-order chi connectivity index (χ0) is 25.7. The number of aromatic nitrogens is 1. The van der Waals surface area contributed by atoms with Gasteiger partial charge in [-0.25, -0.2) is 9.59 Å². The standard InChI is InChI=1S/C23H22ClN3O6.C2H6/c24-14-6-12-2-3-13(21-20(12)16(8-14)27-22(21)23(31)32)7-18(28)26-15-4-1-11(9-25)5-17(15)33-10-19(29)30;1-2/h1,4-6,8,13,27H,2-3,7,9-10,25H2,(H,26,28)(H,29,30)(H,31,32);1-2H3. The molecule has 186 valence electrons. The van der Waals surface area contributed by atoms with Gasteiger partial charge in [-0.2, -0.15) is 0 Å². The SMILES string of the molecule is CC.NCc1ccc(NC(=O)CC2CCc3cc(Cl)cc4[nH]c(C(=O)O)c2c34)c(OCC(=O)O)c1. The van der Waals surface area contributed by atoms with Crippen LogP contribution in [-0.2, 0) is 22.6 Å². The highest BCUT2D eigenvalue weighted by molar-refractivity contribution is 6.31. The van der Waals surface area contributed by atoms with E-state index in [4.69, 9.17) is 27.2 Å². The number of rotatable bonds is 8. The van der Waals surface area contributed by atoms with Gasteiger partial charge in [-0.05, 0) is 59.7 Å². The summed E-state index contributed by atoms with van der Waals surface area (Å²) in [5.41, 5.74) is 8.93. The Hall–Kier alpha value is -3.56. The predicted octanol–water partition coefficient (Wildman–Crippen LogP) is 4.53. The first kappa shape index (κ1) is 26.1. The molecule has 1 aromatic heterocycles. The third-order valence-corrected chi connectivity index (χ3v) is 5.92. The number of nitrogens with two attached hydrogens (primary N) is 1. The van der Waals surface area contributed by atoms with E-state index in [1.807, 2.05) is 19.9 Å². The van der Waals surface area contributed by atoms with Gasteiger partial charge in [0.15, 0.2) is 6.61 Å². The molecule has 0 bridgehead atoms. The highest BCUT2D eigenvalue weighted by Crippen LogP contribution is 2.42. The Morgan fingerprint density at radius 2 is 1.94 bits per heavy atom. The van der Waals surface area contributed by atoms with Crippen LogP contribution < -0.4 is 15.8 Å². The molecule has 1 aliphatic carbocycles. The lowest BCUT2D eigenvalue weighted by molar-refractivity contribution is -0.139. The summed E-state index contributed by atoms with van der Waals surface area (Å²) in [7, 11) is 0. The van der Waals surface area contributed by atoms with Crippen molar-refractivity contribution in [2.45, 2.75) is 45.6 Å². The Morgan fingerprint density at radius 1 is 1.20 bits per heavy atom. The molecule has 1 heterocycles. The molecule has 1 atom stereocenters. The molecule has 0 saturated carbocycles. The van der Waals surface area contributed by atoms with E-state index in [1.54, 1.807) is 24.3 Å². The molecule has 0 spiro atoms. The van der Waals surface area contributed by atoms with Gasteiger partial charge in [-0.1, -0.05) is 31.5 Å². The van der Waals surface area contributed by atoms with Crippen LogP contribution in [0, 0.1) is 0 Å². The minimum absolute atomic E-state index is 0.0479. The van der Waals surface area contributed by atoms with Gasteiger partial charge in [0.25, 0.3) is 0 Å². The summed E-state index contributed by atoms with van der Waals surface area (Å²) in [4.78, 5) is 38.6. The number of aromatic amines is 1. The number of carboxylic acids is 2. The summed E-state index contributed by atoms with van der Waals surface area (Å²) >= 11 is 6.17. The number of carbonyl (C=O) groups is 3. The first-order chi connectivity index (χ1) is 16.8. The average Bonchev–Trinajstić information content (AvgIpc) is 3.22. The van der Waals surface area contributed by atoms with E-state index in [-0.39, 0.29) is 36.2 Å². The van der Waals surface area contributed by atoms with E-state index >= 15 is 0 Å². The highest BCUT2D eigenvalue weighted by Gasteiger charge is 2.31. The molecule has 0 radical (unpaired) electrons. The van der Waals surface area contributed by atoms with Gasteiger partial charge < -0.3 is 31.0 Å². The van der Waals surface area contributed by atoms with Crippen molar-refractivity contribution in [3.63, 3.8) is 0 Å². The van der Waals surface area contributed by atoms with Crippen molar-refractivity contribution < 1.29 is 29.3 Å². The van der Waals surface area contributed by atoms with Crippen LogP contribution in [-0.4, -0.2) is 39.6 Å². The topological polar surface area (TPSA) is 155 Å². The molecule has 0 fully saturated rings. The summed E-state index contributed by atoms with van der Waals surface area (Å²) in [6.07, 6.45) is 1.30. The van der Waals surface area contributed by atoms with Crippen molar-refractivity contribution in [3.8, 4) is 5.75 Å². The number of aromatic carboxylic acids is 1. The van der Waals surface area contributed by atoms with Gasteiger partial charge in [0.05, 0.1) is 5.69 Å². The summed E-state index contributed by atoms with van der Waals surface area (Å²) < 4.78 is 5.31. The number of amides is 1. The summed E-state index contributed by atoms with van der Waals surface area (Å²) in [6, 6.07) is 8.41. The Kier molecular flexibility index (Phi) is 8.37. The van der Waals surface area contributed by atoms with Crippen molar-refractivity contribution in [2.24, 2.45) is 5.73 Å². The second-order valence-corrected chi connectivity index (χ2v) is 8.35. The van der Waals surface area contributed by atoms with E-state index in [0.29, 0.717) is 34.6 Å². The minimum atomic E-state index is -1.15. The van der Waals surface area contributed by atoms with Crippen molar-refractivity contribution in [1.82, 2.24) is 4.98 Å². The molecule has 35 heavy (non-hydrogen) atoms. The summed E-state index contributed by atoms with van der Waals surface area (Å²) in [5.74, 6) is -2.71. The van der Waals surface area contributed by atoms with Crippen LogP contribution in [0.5, 0.6) is 5.75 Å². The van der Waals surface area contributed by atoms with E-state index in [1.165, 1.54) is 0 Å². The van der Waals surface area contributed by atoms with Crippen LogP contribution >= 0.6 is 11.6 Å². The van der Waals surface area contributed by atoms with Crippen LogP contribution in [0.2, 0.25) is 5.02 Å². The highest BCUT2D eigenvalue weighted by atomic mass is 35.5. The molecular weight excluding hydrogens is 474 g/mol. The number of hydrogen-bond donors (Lipinski definition) is 5. The lowest BCUT2D eigenvalue weighted by Gasteiger charge is -2.23. The van der Waals surface area contributed by atoms with E-state index in [9.17, 15) is 19.5 Å². The molecule has 1 aliphatic rings. The van der Waals surface area contributed by atoms with Crippen molar-refractivity contribution in [1.29, 1.82) is 0 Å². The molecule has 0 saturated heterocycles. The molecule has 9 nitrogen and oxygen atoms in total. The molecule has 4 rings (SSSR count).